The molecule has 10 heteroatoms. The van der Waals surface area contributed by atoms with Crippen LogP contribution in [-0.4, -0.2) is 41.2 Å². The lowest BCUT2D eigenvalue weighted by Crippen LogP contribution is -2.30. The van der Waals surface area contributed by atoms with Crippen LogP contribution in [0.3, 0.4) is 0 Å². The predicted octanol–water partition coefficient (Wildman–Crippen LogP) is 2.42. The number of nitrogens with zero attached hydrogens (tertiary/aromatic N) is 2. The first kappa shape index (κ1) is 18.1. The molecule has 2 N–H and O–H groups in total. The number of amides is 2. The number of alkyl halides is 2. The summed E-state index contributed by atoms with van der Waals surface area (Å²) in [7, 11) is 0. The summed E-state index contributed by atoms with van der Waals surface area (Å²) in [6, 6.07) is 3.00. The molecule has 2 aromatic heterocycles. The average molecular weight is 368 g/mol. The molecular weight excluding hydrogens is 350 g/mol. The smallest absolute Gasteiger partial charge is 0.291 e. The minimum absolute atomic E-state index is 0.0469. The van der Waals surface area contributed by atoms with E-state index in [1.165, 1.54) is 23.2 Å². The van der Waals surface area contributed by atoms with Gasteiger partial charge >= 0.3 is 0 Å². The van der Waals surface area contributed by atoms with Crippen LogP contribution in [0.2, 0.25) is 0 Å². The molecule has 3 rings (SSSR count). The summed E-state index contributed by atoms with van der Waals surface area (Å²) in [6.45, 7) is -0.247. The molecule has 1 fully saturated rings. The molecule has 1 aliphatic rings. The van der Waals surface area contributed by atoms with E-state index in [-0.39, 0.29) is 23.4 Å². The van der Waals surface area contributed by atoms with Crippen LogP contribution in [0.25, 0.3) is 0 Å². The highest BCUT2D eigenvalue weighted by Gasteiger charge is 2.24. The largest absolute Gasteiger partial charge is 0.459 e. The van der Waals surface area contributed by atoms with Crippen LogP contribution in [0.5, 0.6) is 0 Å². The van der Waals surface area contributed by atoms with Crippen molar-refractivity contribution in [1.29, 1.82) is 0 Å². The number of carbonyl (C=O) groups excluding carboxylic acids is 2. The molecule has 140 valence electrons. The van der Waals surface area contributed by atoms with E-state index < -0.39 is 24.8 Å². The van der Waals surface area contributed by atoms with E-state index in [4.69, 9.17) is 9.15 Å². The maximum absolute atomic E-state index is 12.4. The third kappa shape index (κ3) is 4.26. The van der Waals surface area contributed by atoms with Crippen molar-refractivity contribution < 1.29 is 27.5 Å². The molecule has 0 bridgehead atoms. The zero-order valence-corrected chi connectivity index (χ0v) is 13.8. The fraction of sp³-hybridized carbons (Fsp3) is 0.438. The molecule has 0 aliphatic carbocycles. The van der Waals surface area contributed by atoms with E-state index in [0.29, 0.717) is 13.0 Å². The third-order valence-corrected chi connectivity index (χ3v) is 3.81. The zero-order chi connectivity index (χ0) is 18.5. The number of ether oxygens (including phenoxy) is 1. The second kappa shape index (κ2) is 8.09. The minimum Gasteiger partial charge on any atom is -0.459 e. The van der Waals surface area contributed by atoms with Crippen LogP contribution >= 0.6 is 0 Å². The number of nitrogens with one attached hydrogen (secondary N) is 2. The van der Waals surface area contributed by atoms with Crippen molar-refractivity contribution in [2.24, 2.45) is 0 Å². The van der Waals surface area contributed by atoms with Crippen LogP contribution in [-0.2, 0) is 4.74 Å². The van der Waals surface area contributed by atoms with Crippen molar-refractivity contribution in [3.63, 3.8) is 0 Å². The van der Waals surface area contributed by atoms with E-state index >= 15 is 0 Å². The molecule has 2 aromatic rings. The van der Waals surface area contributed by atoms with Gasteiger partial charge in [-0.3, -0.25) is 9.59 Å². The lowest BCUT2D eigenvalue weighted by molar-refractivity contribution is -0.0395. The van der Waals surface area contributed by atoms with Crippen LogP contribution < -0.4 is 10.6 Å². The third-order valence-electron chi connectivity index (χ3n) is 3.81. The van der Waals surface area contributed by atoms with Crippen molar-refractivity contribution in [1.82, 2.24) is 15.1 Å². The van der Waals surface area contributed by atoms with Crippen molar-refractivity contribution in [3.05, 3.63) is 36.0 Å². The standard InChI is InChI=1S/C16H18F2N4O4/c17-12(18)8-19-16(24)14-10(20-15(23)11-4-3-7-25-11)9-22(21-14)13-5-1-2-6-26-13/h3-4,7,9,12-13H,1-2,5-6,8H2,(H,19,24)(H,20,23). The average Bonchev–Trinajstić information content (AvgIpc) is 3.30. The van der Waals surface area contributed by atoms with Crippen LogP contribution in [0.4, 0.5) is 14.5 Å². The number of aromatic nitrogens is 2. The zero-order valence-electron chi connectivity index (χ0n) is 13.8. The van der Waals surface area contributed by atoms with Crippen molar-refractivity contribution in [2.45, 2.75) is 31.9 Å². The highest BCUT2D eigenvalue weighted by atomic mass is 19.3. The minimum atomic E-state index is -2.69. The van der Waals surface area contributed by atoms with Crippen molar-refractivity contribution in [2.75, 3.05) is 18.5 Å². The number of carbonyl (C=O) groups is 2. The normalized spacial score (nSPS) is 17.3. The van der Waals surface area contributed by atoms with E-state index in [1.807, 2.05) is 0 Å². The van der Waals surface area contributed by atoms with Gasteiger partial charge in [-0.15, -0.1) is 0 Å². The van der Waals surface area contributed by atoms with Gasteiger partial charge in [0.2, 0.25) is 0 Å². The van der Waals surface area contributed by atoms with Gasteiger partial charge in [-0.25, -0.2) is 13.5 Å². The summed E-state index contributed by atoms with van der Waals surface area (Å²) in [5.74, 6) is -1.35. The number of halogens is 2. The number of hydrogen-bond donors (Lipinski definition) is 2. The first-order chi connectivity index (χ1) is 12.5. The molecule has 0 aromatic carbocycles. The number of furan rings is 1. The lowest BCUT2D eigenvalue weighted by Gasteiger charge is -2.22. The van der Waals surface area contributed by atoms with Gasteiger partial charge in [0.1, 0.15) is 6.23 Å². The summed E-state index contributed by atoms with van der Waals surface area (Å²) in [5, 5.41) is 8.74. The Hall–Kier alpha value is -2.75. The molecule has 8 nitrogen and oxygen atoms in total. The molecule has 0 saturated carbocycles. The van der Waals surface area contributed by atoms with E-state index in [2.05, 4.69) is 15.7 Å². The first-order valence-corrected chi connectivity index (χ1v) is 8.16. The Balaban J connectivity index is 1.82. The molecule has 1 aliphatic heterocycles. The van der Waals surface area contributed by atoms with Gasteiger partial charge in [0.15, 0.2) is 11.5 Å². The molecule has 3 heterocycles. The number of rotatable bonds is 6. The fourth-order valence-electron chi connectivity index (χ4n) is 2.58. The van der Waals surface area contributed by atoms with Gasteiger partial charge in [0, 0.05) is 6.61 Å². The highest BCUT2D eigenvalue weighted by Crippen LogP contribution is 2.25. The lowest BCUT2D eigenvalue weighted by atomic mass is 10.2. The quantitative estimate of drug-likeness (QED) is 0.816. The van der Waals surface area contributed by atoms with Crippen LogP contribution in [0, 0.1) is 0 Å². The molecule has 0 spiro atoms. The summed E-state index contributed by atoms with van der Waals surface area (Å²) >= 11 is 0. The van der Waals surface area contributed by atoms with Gasteiger partial charge in [0.25, 0.3) is 18.2 Å². The summed E-state index contributed by atoms with van der Waals surface area (Å²) < 4.78 is 36.8. The molecule has 1 saturated heterocycles. The van der Waals surface area contributed by atoms with Crippen molar-refractivity contribution >= 4 is 17.5 Å². The molecule has 1 atom stereocenters. The summed E-state index contributed by atoms with van der Waals surface area (Å²) in [4.78, 5) is 24.4. The maximum atomic E-state index is 12.4. The van der Waals surface area contributed by atoms with Crippen LogP contribution in [0.1, 0.15) is 46.5 Å². The predicted molar refractivity (Wildman–Crippen MR) is 86.1 cm³/mol. The molecule has 1 unspecified atom stereocenters. The first-order valence-electron chi connectivity index (χ1n) is 8.16. The second-order valence-corrected chi connectivity index (χ2v) is 5.73. The number of hydrogen-bond acceptors (Lipinski definition) is 5. The second-order valence-electron chi connectivity index (χ2n) is 5.73. The van der Waals surface area contributed by atoms with Crippen molar-refractivity contribution in [3.8, 4) is 0 Å². The summed E-state index contributed by atoms with van der Waals surface area (Å²) in [5.41, 5.74) is -0.0768. The fourth-order valence-corrected chi connectivity index (χ4v) is 2.58. The summed E-state index contributed by atoms with van der Waals surface area (Å²) in [6.07, 6.45) is 2.29. The molecule has 26 heavy (non-hydrogen) atoms. The van der Waals surface area contributed by atoms with E-state index in [1.54, 1.807) is 6.07 Å². The topological polar surface area (TPSA) is 98.4 Å². The van der Waals surface area contributed by atoms with Gasteiger partial charge in [-0.2, -0.15) is 5.10 Å². The van der Waals surface area contributed by atoms with Gasteiger partial charge in [-0.05, 0) is 31.4 Å². The monoisotopic (exact) mass is 368 g/mol. The van der Waals surface area contributed by atoms with E-state index in [0.717, 1.165) is 12.8 Å². The van der Waals surface area contributed by atoms with Crippen LogP contribution in [0.15, 0.2) is 29.0 Å². The Morgan fingerprint density at radius 1 is 1.35 bits per heavy atom. The number of anilines is 1. The highest BCUT2D eigenvalue weighted by molar-refractivity contribution is 6.06. The Kier molecular flexibility index (Phi) is 5.61. The van der Waals surface area contributed by atoms with Gasteiger partial charge < -0.3 is 19.8 Å². The Morgan fingerprint density at radius 2 is 2.19 bits per heavy atom. The van der Waals surface area contributed by atoms with E-state index in [9.17, 15) is 18.4 Å². The SMILES string of the molecule is O=C(Nc1cn(C2CCCCO2)nc1C(=O)NCC(F)F)c1ccco1. The maximum Gasteiger partial charge on any atom is 0.291 e. The Labute approximate surface area is 147 Å². The molecular formula is C16H18F2N4O4. The van der Waals surface area contributed by atoms with Gasteiger partial charge in [0.05, 0.1) is 24.7 Å². The Bertz CT molecular complexity index is 754. The molecule has 2 amide bonds. The van der Waals surface area contributed by atoms with Gasteiger partial charge in [-0.1, -0.05) is 0 Å². The Morgan fingerprint density at radius 3 is 2.85 bits per heavy atom. The molecule has 0 radical (unpaired) electrons.